The summed E-state index contributed by atoms with van der Waals surface area (Å²) >= 11 is 6.39. The molecule has 0 unspecified atom stereocenters. The smallest absolute Gasteiger partial charge is 0.137 e. The maximum Gasteiger partial charge on any atom is 0.137 e. The zero-order chi connectivity index (χ0) is 24.3. The molecular weight excluding hydrogens is 466 g/mol. The first-order valence-electron chi connectivity index (χ1n) is 11.7. The van der Waals surface area contributed by atoms with E-state index in [0.717, 1.165) is 59.0 Å². The van der Waals surface area contributed by atoms with Gasteiger partial charge in [0.1, 0.15) is 36.4 Å². The second-order valence-corrected chi connectivity index (χ2v) is 16.2. The largest absolute Gasteiger partial charge is 0.456 e. The minimum Gasteiger partial charge on any atom is -0.456 e. The first kappa shape index (κ1) is 24.9. The molecule has 1 aliphatic heterocycles. The van der Waals surface area contributed by atoms with E-state index in [9.17, 15) is 0 Å². The number of hydrogen-bond donors (Lipinski definition) is 0. The molecule has 6 nitrogen and oxygen atoms in total. The van der Waals surface area contributed by atoms with Crippen molar-refractivity contribution in [3.8, 4) is 34.0 Å². The number of halogens is 1. The molecule has 0 N–H and O–H groups in total. The van der Waals surface area contributed by atoms with Crippen LogP contribution in [0.15, 0.2) is 42.5 Å². The van der Waals surface area contributed by atoms with Gasteiger partial charge in [-0.15, -0.1) is 0 Å². The summed E-state index contributed by atoms with van der Waals surface area (Å²) < 4.78 is 20.6. The van der Waals surface area contributed by atoms with E-state index in [1.54, 1.807) is 0 Å². The molecule has 0 saturated carbocycles. The third-order valence-corrected chi connectivity index (χ3v) is 7.68. The van der Waals surface area contributed by atoms with E-state index in [1.807, 2.05) is 50.5 Å². The van der Waals surface area contributed by atoms with Gasteiger partial charge in [-0.2, -0.15) is 0 Å². The molecule has 0 radical (unpaired) electrons. The Kier molecular flexibility index (Phi) is 7.79. The topological polar surface area (TPSA) is 48.8 Å². The van der Waals surface area contributed by atoms with Crippen LogP contribution in [-0.2, 0) is 22.8 Å². The first-order chi connectivity index (χ1) is 16.2. The lowest BCUT2D eigenvalue weighted by Gasteiger charge is -2.18. The highest BCUT2D eigenvalue weighted by atomic mass is 35.5. The van der Waals surface area contributed by atoms with Crippen molar-refractivity contribution in [1.29, 1.82) is 0 Å². The van der Waals surface area contributed by atoms with Crippen LogP contribution in [0.25, 0.3) is 22.5 Å². The summed E-state index contributed by atoms with van der Waals surface area (Å²) in [5.74, 6) is 2.35. The molecule has 3 aromatic rings. The van der Waals surface area contributed by atoms with Gasteiger partial charge in [-0.1, -0.05) is 43.4 Å². The van der Waals surface area contributed by atoms with Gasteiger partial charge in [-0.05, 0) is 50.5 Å². The fourth-order valence-corrected chi connectivity index (χ4v) is 4.73. The van der Waals surface area contributed by atoms with Crippen LogP contribution in [0.4, 0.5) is 0 Å². The predicted octanol–water partition coefficient (Wildman–Crippen LogP) is 6.37. The number of benzene rings is 2. The van der Waals surface area contributed by atoms with Crippen molar-refractivity contribution in [2.75, 3.05) is 33.9 Å². The zero-order valence-corrected chi connectivity index (χ0v) is 22.5. The van der Waals surface area contributed by atoms with Crippen molar-refractivity contribution in [3.05, 3.63) is 53.3 Å². The van der Waals surface area contributed by atoms with Gasteiger partial charge in [0.15, 0.2) is 0 Å². The van der Waals surface area contributed by atoms with E-state index in [-0.39, 0.29) is 0 Å². The number of nitrogens with zero attached hydrogens (tertiary/aromatic N) is 3. The second-order valence-electron chi connectivity index (χ2n) is 10.1. The predicted molar refractivity (Wildman–Crippen MR) is 140 cm³/mol. The van der Waals surface area contributed by atoms with Crippen molar-refractivity contribution in [2.24, 2.45) is 0 Å². The van der Waals surface area contributed by atoms with Gasteiger partial charge in [-0.3, -0.25) is 0 Å². The van der Waals surface area contributed by atoms with Crippen molar-refractivity contribution in [2.45, 2.75) is 39.0 Å². The average Bonchev–Trinajstić information content (AvgIpc) is 3.06. The van der Waals surface area contributed by atoms with Gasteiger partial charge in [-0.25, -0.2) is 4.98 Å². The highest BCUT2D eigenvalue weighted by Gasteiger charge is 2.28. The van der Waals surface area contributed by atoms with E-state index in [2.05, 4.69) is 35.2 Å². The monoisotopic (exact) mass is 499 g/mol. The van der Waals surface area contributed by atoms with Crippen LogP contribution >= 0.6 is 11.6 Å². The van der Waals surface area contributed by atoms with Crippen LogP contribution < -0.4 is 4.74 Å². The fourth-order valence-electron chi connectivity index (χ4n) is 3.80. The molecule has 34 heavy (non-hydrogen) atoms. The summed E-state index contributed by atoms with van der Waals surface area (Å²) in [4.78, 5) is 7.15. The molecule has 1 aromatic heterocycles. The van der Waals surface area contributed by atoms with Crippen LogP contribution in [0.3, 0.4) is 0 Å². The maximum atomic E-state index is 6.39. The minimum atomic E-state index is -1.19. The Labute approximate surface area is 208 Å². The molecule has 0 spiro atoms. The number of imidazole rings is 1. The lowest BCUT2D eigenvalue weighted by molar-refractivity contribution is 0.0688. The summed E-state index contributed by atoms with van der Waals surface area (Å²) in [6, 6.07) is 14.8. The Hall–Kier alpha value is -2.16. The van der Waals surface area contributed by atoms with Crippen LogP contribution in [0.2, 0.25) is 30.7 Å². The molecule has 0 aliphatic carbocycles. The quantitative estimate of drug-likeness (QED) is 0.187. The highest BCUT2D eigenvalue weighted by Crippen LogP contribution is 2.47. The van der Waals surface area contributed by atoms with Crippen molar-refractivity contribution in [3.63, 3.8) is 0 Å². The van der Waals surface area contributed by atoms with Crippen LogP contribution in [0.5, 0.6) is 11.5 Å². The lowest BCUT2D eigenvalue weighted by atomic mass is 10.0. The molecule has 2 aromatic carbocycles. The van der Waals surface area contributed by atoms with Crippen LogP contribution in [-0.4, -0.2) is 56.4 Å². The van der Waals surface area contributed by atoms with Crippen molar-refractivity contribution in [1.82, 2.24) is 14.5 Å². The van der Waals surface area contributed by atoms with E-state index >= 15 is 0 Å². The Morgan fingerprint density at radius 3 is 2.53 bits per heavy atom. The minimum absolute atomic E-state index is 0.400. The summed E-state index contributed by atoms with van der Waals surface area (Å²) in [5, 5.41) is 0.643. The number of fused-ring (bicyclic) bond motifs is 5. The number of rotatable bonds is 10. The SMILES string of the molecule is CN(C)CCOCc1nc2c(n1COCC[Si](C)(C)C)-c1ccccc1Oc1ccc(Cl)cc1-2. The number of hydrogen-bond acceptors (Lipinski definition) is 5. The molecule has 4 rings (SSSR count). The van der Waals surface area contributed by atoms with Gasteiger partial charge in [0.05, 0.1) is 12.3 Å². The standard InChI is InChI=1S/C26H34ClN3O3Si/c1-29(2)12-13-31-17-24-28-25-21-16-19(27)10-11-23(21)33-22-9-7-6-8-20(22)26(25)30(24)18-32-14-15-34(3,4)5/h6-11,16H,12-15,17-18H2,1-5H3. The van der Waals surface area contributed by atoms with Gasteiger partial charge in [0.25, 0.3) is 0 Å². The van der Waals surface area contributed by atoms with Gasteiger partial charge >= 0.3 is 0 Å². The molecule has 0 atom stereocenters. The molecule has 1 aliphatic rings. The molecule has 0 bridgehead atoms. The van der Waals surface area contributed by atoms with Gasteiger partial charge in [0.2, 0.25) is 0 Å². The van der Waals surface area contributed by atoms with E-state index < -0.39 is 8.07 Å². The summed E-state index contributed by atoms with van der Waals surface area (Å²) in [6.45, 7) is 10.1. The van der Waals surface area contributed by atoms with E-state index in [0.29, 0.717) is 25.0 Å². The Morgan fingerprint density at radius 2 is 1.76 bits per heavy atom. The summed E-state index contributed by atoms with van der Waals surface area (Å²) in [6.07, 6.45) is 0. The number of aromatic nitrogens is 2. The lowest BCUT2D eigenvalue weighted by Crippen LogP contribution is -2.22. The molecule has 2 heterocycles. The molecule has 0 saturated heterocycles. The normalized spacial score (nSPS) is 12.7. The molecule has 0 fully saturated rings. The first-order valence-corrected chi connectivity index (χ1v) is 15.8. The molecular formula is C26H34ClN3O3Si. The Bertz CT molecular complexity index is 1140. The fraction of sp³-hybridized carbons (Fsp3) is 0.423. The van der Waals surface area contributed by atoms with Gasteiger partial charge < -0.3 is 23.7 Å². The van der Waals surface area contributed by atoms with Gasteiger partial charge in [0, 0.05) is 37.4 Å². The number of ether oxygens (including phenoxy) is 3. The Balaban J connectivity index is 1.76. The molecule has 8 heteroatoms. The summed E-state index contributed by atoms with van der Waals surface area (Å²) in [7, 11) is 2.88. The average molecular weight is 500 g/mol. The zero-order valence-electron chi connectivity index (χ0n) is 20.7. The van der Waals surface area contributed by atoms with Crippen molar-refractivity contribution >= 4 is 19.7 Å². The number of para-hydroxylation sites is 1. The second kappa shape index (κ2) is 10.6. The number of likely N-dealkylation sites (N-methyl/N-ethyl adjacent to an activating group) is 1. The highest BCUT2D eigenvalue weighted by molar-refractivity contribution is 6.76. The van der Waals surface area contributed by atoms with E-state index in [4.69, 9.17) is 30.8 Å². The Morgan fingerprint density at radius 1 is 1.00 bits per heavy atom. The third kappa shape index (κ3) is 5.90. The van der Waals surface area contributed by atoms with Crippen LogP contribution in [0.1, 0.15) is 5.82 Å². The van der Waals surface area contributed by atoms with Crippen molar-refractivity contribution < 1.29 is 14.2 Å². The van der Waals surface area contributed by atoms with Crippen LogP contribution in [0, 0.1) is 0 Å². The maximum absolute atomic E-state index is 6.39. The van der Waals surface area contributed by atoms with E-state index in [1.165, 1.54) is 0 Å². The molecule has 0 amide bonds. The molecule has 182 valence electrons. The third-order valence-electron chi connectivity index (χ3n) is 5.74. The summed E-state index contributed by atoms with van der Waals surface area (Å²) in [5.41, 5.74) is 3.65.